The molecule has 2 aromatic rings. The number of carbonyl (C=O) groups excluding carboxylic acids is 1. The number of piperidine rings is 1. The summed E-state index contributed by atoms with van der Waals surface area (Å²) < 4.78 is 7.61. The lowest BCUT2D eigenvalue weighted by Gasteiger charge is -2.32. The molecule has 0 radical (unpaired) electrons. The van der Waals surface area contributed by atoms with Gasteiger partial charge < -0.3 is 9.64 Å². The van der Waals surface area contributed by atoms with E-state index >= 15 is 0 Å². The van der Waals surface area contributed by atoms with Crippen LogP contribution in [0.1, 0.15) is 75.5 Å². The van der Waals surface area contributed by atoms with Crippen molar-refractivity contribution in [3.05, 3.63) is 23.5 Å². The van der Waals surface area contributed by atoms with E-state index in [1.165, 1.54) is 0 Å². The molecule has 2 aromatic heterocycles. The van der Waals surface area contributed by atoms with Crippen molar-refractivity contribution in [1.82, 2.24) is 19.7 Å². The normalized spacial score (nSPS) is 16.2. The number of ether oxygens (including phenoxy) is 1. The van der Waals surface area contributed by atoms with Crippen molar-refractivity contribution in [1.29, 1.82) is 0 Å². The van der Waals surface area contributed by atoms with Crippen LogP contribution in [-0.2, 0) is 4.74 Å². The predicted molar refractivity (Wildman–Crippen MR) is 103 cm³/mol. The van der Waals surface area contributed by atoms with Crippen LogP contribution in [0.4, 0.5) is 0 Å². The van der Waals surface area contributed by atoms with Gasteiger partial charge in [-0.15, -0.1) is 0 Å². The number of rotatable bonds is 5. The third-order valence-electron chi connectivity index (χ3n) is 5.03. The fourth-order valence-corrected chi connectivity index (χ4v) is 3.52. The van der Waals surface area contributed by atoms with Crippen LogP contribution in [-0.4, -0.2) is 51.4 Å². The summed E-state index contributed by atoms with van der Waals surface area (Å²) in [5, 5.41) is 5.33. The Labute approximate surface area is 155 Å². The molecule has 142 valence electrons. The first-order valence-corrected chi connectivity index (χ1v) is 9.71. The second kappa shape index (κ2) is 7.74. The van der Waals surface area contributed by atoms with Crippen molar-refractivity contribution < 1.29 is 9.53 Å². The molecule has 6 nitrogen and oxygen atoms in total. The Bertz CT molecular complexity index is 773. The zero-order valence-corrected chi connectivity index (χ0v) is 16.5. The average molecular weight is 358 g/mol. The number of pyridine rings is 1. The van der Waals surface area contributed by atoms with Crippen LogP contribution in [0.25, 0.3) is 11.0 Å². The molecule has 0 unspecified atom stereocenters. The molecule has 1 saturated heterocycles. The van der Waals surface area contributed by atoms with Gasteiger partial charge in [-0.05, 0) is 45.6 Å². The predicted octanol–water partition coefficient (Wildman–Crippen LogP) is 3.78. The molecule has 0 saturated carbocycles. The van der Waals surface area contributed by atoms with Gasteiger partial charge >= 0.3 is 0 Å². The number of hydrogen-bond acceptors (Lipinski definition) is 4. The third-order valence-corrected chi connectivity index (χ3v) is 5.03. The number of fused-ring (bicyclic) bond motifs is 1. The Balaban J connectivity index is 1.95. The number of nitrogens with zero attached hydrogens (tertiary/aromatic N) is 4. The van der Waals surface area contributed by atoms with Crippen molar-refractivity contribution in [2.24, 2.45) is 0 Å². The Kier molecular flexibility index (Phi) is 5.61. The highest BCUT2D eigenvalue weighted by Gasteiger charge is 2.27. The molecule has 26 heavy (non-hydrogen) atoms. The molecule has 0 N–H and O–H groups in total. The van der Waals surface area contributed by atoms with Crippen LogP contribution in [0.15, 0.2) is 12.3 Å². The summed E-state index contributed by atoms with van der Waals surface area (Å²) in [6, 6.07) is 2.16. The van der Waals surface area contributed by atoms with E-state index in [1.807, 2.05) is 22.6 Å². The summed E-state index contributed by atoms with van der Waals surface area (Å²) in [5.41, 5.74) is 2.46. The van der Waals surface area contributed by atoms with Crippen LogP contribution in [0.5, 0.6) is 0 Å². The maximum absolute atomic E-state index is 13.3. The summed E-state index contributed by atoms with van der Waals surface area (Å²) in [7, 11) is 0. The van der Waals surface area contributed by atoms with Crippen LogP contribution in [0.3, 0.4) is 0 Å². The first kappa shape index (κ1) is 18.8. The molecular formula is C20H30N4O2. The van der Waals surface area contributed by atoms with Gasteiger partial charge in [-0.25, -0.2) is 9.67 Å². The maximum Gasteiger partial charge on any atom is 0.254 e. The Hall–Kier alpha value is -1.95. The van der Waals surface area contributed by atoms with E-state index in [4.69, 9.17) is 9.72 Å². The van der Waals surface area contributed by atoms with Crippen LogP contribution < -0.4 is 0 Å². The lowest BCUT2D eigenvalue weighted by molar-refractivity contribution is 0.0146. The number of carbonyl (C=O) groups is 1. The van der Waals surface area contributed by atoms with Crippen LogP contribution in [0.2, 0.25) is 0 Å². The van der Waals surface area contributed by atoms with Crippen LogP contribution in [0, 0.1) is 0 Å². The van der Waals surface area contributed by atoms with E-state index in [0.29, 0.717) is 0 Å². The zero-order valence-electron chi connectivity index (χ0n) is 16.5. The van der Waals surface area contributed by atoms with Crippen molar-refractivity contribution in [2.75, 3.05) is 19.7 Å². The summed E-state index contributed by atoms with van der Waals surface area (Å²) >= 11 is 0. The Morgan fingerprint density at radius 1 is 1.27 bits per heavy atom. The Morgan fingerprint density at radius 2 is 1.96 bits per heavy atom. The SMILES string of the molecule is CCOC1CCN(C(=O)c2cc(C(C)C)nc3c2cnn3C(C)C)CC1. The lowest BCUT2D eigenvalue weighted by atomic mass is 10.0. The van der Waals surface area contributed by atoms with E-state index in [-0.39, 0.29) is 24.0 Å². The van der Waals surface area contributed by atoms with E-state index in [1.54, 1.807) is 6.20 Å². The second-order valence-corrected chi connectivity index (χ2v) is 7.62. The first-order valence-electron chi connectivity index (χ1n) is 9.71. The highest BCUT2D eigenvalue weighted by molar-refractivity contribution is 6.05. The summed E-state index contributed by atoms with van der Waals surface area (Å²) in [5.74, 6) is 0.336. The molecule has 6 heteroatoms. The quantitative estimate of drug-likeness (QED) is 0.816. The second-order valence-electron chi connectivity index (χ2n) is 7.62. The molecule has 3 heterocycles. The van der Waals surface area contributed by atoms with Gasteiger partial charge in [-0.3, -0.25) is 4.79 Å². The van der Waals surface area contributed by atoms with Crippen molar-refractivity contribution >= 4 is 16.9 Å². The third kappa shape index (κ3) is 3.61. The van der Waals surface area contributed by atoms with Crippen molar-refractivity contribution in [3.63, 3.8) is 0 Å². The number of hydrogen-bond donors (Lipinski definition) is 0. The van der Waals surface area contributed by atoms with Crippen LogP contribution >= 0.6 is 0 Å². The molecule has 3 rings (SSSR count). The largest absolute Gasteiger partial charge is 0.378 e. The zero-order chi connectivity index (χ0) is 18.8. The molecule has 1 aliphatic rings. The van der Waals surface area contributed by atoms with Gasteiger partial charge in [0.2, 0.25) is 0 Å². The molecule has 0 atom stereocenters. The van der Waals surface area contributed by atoms with Gasteiger partial charge in [0.25, 0.3) is 5.91 Å². The fourth-order valence-electron chi connectivity index (χ4n) is 3.52. The standard InChI is InChI=1S/C20H30N4O2/c1-6-26-15-7-9-23(10-8-15)20(25)16-11-18(13(2)3)22-19-17(16)12-21-24(19)14(4)5/h11-15H,6-10H2,1-5H3. The van der Waals surface area contributed by atoms with Gasteiger partial charge in [0.1, 0.15) is 0 Å². The molecule has 1 fully saturated rings. The first-order chi connectivity index (χ1) is 12.4. The van der Waals surface area contributed by atoms with Gasteiger partial charge in [0, 0.05) is 31.4 Å². The minimum absolute atomic E-state index is 0.0811. The smallest absolute Gasteiger partial charge is 0.254 e. The molecule has 1 aliphatic heterocycles. The molecule has 0 aliphatic carbocycles. The molecule has 0 spiro atoms. The lowest BCUT2D eigenvalue weighted by Crippen LogP contribution is -2.41. The van der Waals surface area contributed by atoms with Gasteiger partial charge in [-0.2, -0.15) is 5.10 Å². The van der Waals surface area contributed by atoms with Crippen molar-refractivity contribution in [3.8, 4) is 0 Å². The summed E-state index contributed by atoms with van der Waals surface area (Å²) in [6.07, 6.45) is 3.86. The maximum atomic E-state index is 13.3. The topological polar surface area (TPSA) is 60.2 Å². The van der Waals surface area contributed by atoms with Gasteiger partial charge in [0.05, 0.1) is 23.3 Å². The van der Waals surface area contributed by atoms with E-state index < -0.39 is 0 Å². The number of amides is 1. The summed E-state index contributed by atoms with van der Waals surface area (Å²) in [4.78, 5) is 20.0. The summed E-state index contributed by atoms with van der Waals surface area (Å²) in [6.45, 7) is 12.6. The Morgan fingerprint density at radius 3 is 2.54 bits per heavy atom. The van der Waals surface area contributed by atoms with Gasteiger partial charge in [-0.1, -0.05) is 13.8 Å². The highest BCUT2D eigenvalue weighted by Crippen LogP contribution is 2.26. The van der Waals surface area contributed by atoms with Crippen molar-refractivity contribution in [2.45, 2.75) is 65.5 Å². The fraction of sp³-hybridized carbons (Fsp3) is 0.650. The minimum Gasteiger partial charge on any atom is -0.378 e. The minimum atomic E-state index is 0.0811. The molecule has 0 aromatic carbocycles. The van der Waals surface area contributed by atoms with E-state index in [2.05, 4.69) is 32.8 Å². The van der Waals surface area contributed by atoms with Gasteiger partial charge in [0.15, 0.2) is 5.65 Å². The number of aromatic nitrogens is 3. The highest BCUT2D eigenvalue weighted by atomic mass is 16.5. The molecular weight excluding hydrogens is 328 g/mol. The molecule has 0 bridgehead atoms. The number of likely N-dealkylation sites (tertiary alicyclic amines) is 1. The monoisotopic (exact) mass is 358 g/mol. The average Bonchev–Trinajstić information content (AvgIpc) is 3.05. The molecule has 1 amide bonds. The van der Waals surface area contributed by atoms with E-state index in [0.717, 1.165) is 54.8 Å². The van der Waals surface area contributed by atoms with E-state index in [9.17, 15) is 4.79 Å².